The van der Waals surface area contributed by atoms with Crippen molar-refractivity contribution >= 4 is 17.9 Å². The number of hydrogen-bond donors (Lipinski definition) is 3. The molecule has 46 heavy (non-hydrogen) atoms. The van der Waals surface area contributed by atoms with Crippen LogP contribution < -0.4 is 23.7 Å². The van der Waals surface area contributed by atoms with E-state index in [1.54, 1.807) is 18.2 Å². The Kier molecular flexibility index (Phi) is 10.5. The first kappa shape index (κ1) is 33.7. The highest BCUT2D eigenvalue weighted by atomic mass is 19.4. The smallest absolute Gasteiger partial charge is 0.490 e. The van der Waals surface area contributed by atoms with Gasteiger partial charge in [0.25, 0.3) is 0 Å². The third-order valence-electron chi connectivity index (χ3n) is 6.92. The molecular formula is C31H30F3NO11. The summed E-state index contributed by atoms with van der Waals surface area (Å²) < 4.78 is 59.8. The largest absolute Gasteiger partial charge is 0.497 e. The van der Waals surface area contributed by atoms with Crippen molar-refractivity contribution in [3.05, 3.63) is 76.9 Å². The molecule has 2 heterocycles. The number of rotatable bonds is 11. The minimum atomic E-state index is -5.08. The highest BCUT2D eigenvalue weighted by Crippen LogP contribution is 2.52. The van der Waals surface area contributed by atoms with Crippen LogP contribution in [0, 0.1) is 0 Å². The third-order valence-corrected chi connectivity index (χ3v) is 6.92. The van der Waals surface area contributed by atoms with Gasteiger partial charge in [-0.15, -0.1) is 0 Å². The molecule has 0 aromatic heterocycles. The fraction of sp³-hybridized carbons (Fsp3) is 0.323. The molecule has 0 amide bonds. The fourth-order valence-electron chi connectivity index (χ4n) is 5.13. The first-order valence-electron chi connectivity index (χ1n) is 13.8. The van der Waals surface area contributed by atoms with Crippen molar-refractivity contribution in [2.24, 2.45) is 0 Å². The van der Waals surface area contributed by atoms with E-state index in [9.17, 15) is 33.0 Å². The van der Waals surface area contributed by atoms with E-state index in [0.717, 1.165) is 23.1 Å². The van der Waals surface area contributed by atoms with Crippen molar-refractivity contribution in [2.45, 2.75) is 31.6 Å². The van der Waals surface area contributed by atoms with Crippen LogP contribution in [0.5, 0.6) is 28.7 Å². The highest BCUT2D eigenvalue weighted by Gasteiger charge is 2.43. The molecule has 246 valence electrons. The minimum Gasteiger partial charge on any atom is -0.497 e. The molecule has 0 saturated heterocycles. The van der Waals surface area contributed by atoms with E-state index in [4.69, 9.17) is 33.6 Å². The molecule has 5 rings (SSSR count). The van der Waals surface area contributed by atoms with Gasteiger partial charge in [0.15, 0.2) is 18.1 Å². The topological polar surface area (TPSA) is 161 Å². The van der Waals surface area contributed by atoms with Gasteiger partial charge in [-0.25, -0.2) is 9.59 Å². The van der Waals surface area contributed by atoms with Gasteiger partial charge in [-0.2, -0.15) is 13.2 Å². The number of hydrogen-bond acceptors (Lipinski definition) is 9. The van der Waals surface area contributed by atoms with Crippen LogP contribution >= 0.6 is 0 Å². The van der Waals surface area contributed by atoms with Crippen molar-refractivity contribution in [2.75, 3.05) is 33.7 Å². The number of carbonyl (C=O) groups is 3. The summed E-state index contributed by atoms with van der Waals surface area (Å²) in [5, 5.41) is 26.4. The summed E-state index contributed by atoms with van der Waals surface area (Å²) in [6, 6.07) is 15.4. The molecule has 0 fully saturated rings. The summed E-state index contributed by atoms with van der Waals surface area (Å²) in [6.45, 7) is 1.81. The molecule has 2 aliphatic rings. The predicted molar refractivity (Wildman–Crippen MR) is 153 cm³/mol. The fourth-order valence-corrected chi connectivity index (χ4v) is 5.13. The number of methoxy groups -OCH3 is 1. The van der Waals surface area contributed by atoms with Crippen LogP contribution in [-0.2, 0) is 14.4 Å². The van der Waals surface area contributed by atoms with Gasteiger partial charge in [-0.3, -0.25) is 9.69 Å². The number of carboxylic acid groups (broad SMARTS) is 3. The van der Waals surface area contributed by atoms with Crippen LogP contribution in [-0.4, -0.2) is 78.0 Å². The average molecular weight is 650 g/mol. The lowest BCUT2D eigenvalue weighted by molar-refractivity contribution is -0.192. The number of fused-ring (bicyclic) bond motifs is 2. The Bertz CT molecular complexity index is 1590. The van der Waals surface area contributed by atoms with E-state index < -0.39 is 42.8 Å². The third kappa shape index (κ3) is 7.72. The Hall–Kier alpha value is -5.18. The molecule has 3 aromatic carbocycles. The number of nitrogens with zero attached hydrogens (tertiary/aromatic N) is 1. The molecular weight excluding hydrogens is 619 g/mol. The van der Waals surface area contributed by atoms with Crippen LogP contribution in [0.2, 0.25) is 0 Å². The van der Waals surface area contributed by atoms with E-state index in [-0.39, 0.29) is 19.1 Å². The molecule has 15 heteroatoms. The van der Waals surface area contributed by atoms with E-state index >= 15 is 0 Å². The van der Waals surface area contributed by atoms with E-state index in [1.165, 1.54) is 7.11 Å². The van der Waals surface area contributed by atoms with Crippen molar-refractivity contribution in [1.82, 2.24) is 4.90 Å². The number of halogens is 3. The predicted octanol–water partition coefficient (Wildman–Crippen LogP) is 4.89. The van der Waals surface area contributed by atoms with Gasteiger partial charge in [0.2, 0.25) is 6.79 Å². The maximum absolute atomic E-state index is 12.2. The minimum absolute atomic E-state index is 0.121. The second-order valence-corrected chi connectivity index (χ2v) is 10.0. The summed E-state index contributed by atoms with van der Waals surface area (Å²) in [6.07, 6.45) is -4.25. The van der Waals surface area contributed by atoms with Crippen molar-refractivity contribution < 1.29 is 66.6 Å². The summed E-state index contributed by atoms with van der Waals surface area (Å²) in [5.41, 5.74) is 3.16. The number of aliphatic carboxylic acids is 3. The lowest BCUT2D eigenvalue weighted by atomic mass is 9.94. The monoisotopic (exact) mass is 649 g/mol. The zero-order valence-corrected chi connectivity index (χ0v) is 24.6. The lowest BCUT2D eigenvalue weighted by Gasteiger charge is -2.31. The standard InChI is InChI=1S/C29H29NO9.C2HF3O2/c1-3-10-36-19-6-7-20-22(12-19)29(21-8-5-18(35-2)13-24(21)37-15-27(33)34)30(14-26(31)32)28(20)17-4-9-23-25(11-17)39-16-38-23;3-2(4,5)1(6)7/h4-9,11-13,28-29H,3,10,14-16H2,1-2H3,(H,31,32)(H,33,34);(H,6,7). The highest BCUT2D eigenvalue weighted by molar-refractivity contribution is 5.73. The van der Waals surface area contributed by atoms with Crippen LogP contribution in [0.4, 0.5) is 13.2 Å². The molecule has 0 aliphatic carbocycles. The van der Waals surface area contributed by atoms with E-state index in [0.29, 0.717) is 35.2 Å². The Labute approximate surface area is 260 Å². The van der Waals surface area contributed by atoms with Gasteiger partial charge in [0, 0.05) is 11.6 Å². The van der Waals surface area contributed by atoms with Gasteiger partial charge in [0.05, 0.1) is 32.3 Å². The van der Waals surface area contributed by atoms with Crippen LogP contribution in [0.3, 0.4) is 0 Å². The second kappa shape index (κ2) is 14.3. The Morgan fingerprint density at radius 2 is 1.52 bits per heavy atom. The molecule has 2 unspecified atom stereocenters. The molecule has 12 nitrogen and oxygen atoms in total. The summed E-state index contributed by atoms with van der Waals surface area (Å²) in [4.78, 5) is 34.3. The zero-order valence-electron chi connectivity index (χ0n) is 24.6. The Morgan fingerprint density at radius 1 is 0.848 bits per heavy atom. The maximum Gasteiger partial charge on any atom is 0.490 e. The van der Waals surface area contributed by atoms with Gasteiger partial charge in [-0.05, 0) is 59.5 Å². The van der Waals surface area contributed by atoms with Gasteiger partial charge >= 0.3 is 24.1 Å². The number of ether oxygens (including phenoxy) is 5. The molecule has 0 saturated carbocycles. The Balaban J connectivity index is 0.000000617. The zero-order chi connectivity index (χ0) is 33.6. The Morgan fingerprint density at radius 3 is 2.15 bits per heavy atom. The van der Waals surface area contributed by atoms with Gasteiger partial charge in [-0.1, -0.05) is 19.1 Å². The molecule has 3 aromatic rings. The van der Waals surface area contributed by atoms with Crippen molar-refractivity contribution in [3.63, 3.8) is 0 Å². The maximum atomic E-state index is 12.2. The first-order valence-corrected chi connectivity index (χ1v) is 13.8. The number of benzene rings is 3. The number of alkyl halides is 3. The molecule has 0 spiro atoms. The van der Waals surface area contributed by atoms with Crippen molar-refractivity contribution in [1.29, 1.82) is 0 Å². The van der Waals surface area contributed by atoms with Crippen LogP contribution in [0.25, 0.3) is 0 Å². The van der Waals surface area contributed by atoms with Crippen molar-refractivity contribution in [3.8, 4) is 28.7 Å². The van der Waals surface area contributed by atoms with E-state index in [2.05, 4.69) is 0 Å². The normalized spacial score (nSPS) is 16.5. The van der Waals surface area contributed by atoms with Crippen LogP contribution in [0.1, 0.15) is 47.7 Å². The molecule has 2 atom stereocenters. The molecule has 3 N–H and O–H groups in total. The lowest BCUT2D eigenvalue weighted by Crippen LogP contribution is -2.33. The van der Waals surface area contributed by atoms with E-state index in [1.807, 2.05) is 48.2 Å². The number of carboxylic acids is 3. The van der Waals surface area contributed by atoms with Gasteiger partial charge < -0.3 is 39.0 Å². The SMILES string of the molecule is CCCOc1ccc2c(c1)C(c1ccc(OC)cc1OCC(=O)O)N(CC(=O)O)C2c1ccc2c(c1)OCO2.O=C(O)C(F)(F)F. The quantitative estimate of drug-likeness (QED) is 0.258. The summed E-state index contributed by atoms with van der Waals surface area (Å²) in [5.74, 6) is -2.26. The van der Waals surface area contributed by atoms with Gasteiger partial charge in [0.1, 0.15) is 17.2 Å². The first-order chi connectivity index (χ1) is 21.8. The van der Waals surface area contributed by atoms with Crippen LogP contribution in [0.15, 0.2) is 54.6 Å². The molecule has 2 aliphatic heterocycles. The molecule has 0 bridgehead atoms. The summed E-state index contributed by atoms with van der Waals surface area (Å²) in [7, 11) is 1.50. The average Bonchev–Trinajstić information content (AvgIpc) is 3.59. The second-order valence-electron chi connectivity index (χ2n) is 10.0. The molecule has 0 radical (unpaired) electrons. The summed E-state index contributed by atoms with van der Waals surface area (Å²) >= 11 is 0.